The Morgan fingerprint density at radius 2 is 1.61 bits per heavy atom. The van der Waals surface area contributed by atoms with E-state index in [0.29, 0.717) is 27.0 Å². The van der Waals surface area contributed by atoms with E-state index >= 15 is 0 Å². The molecule has 0 radical (unpaired) electrons. The van der Waals surface area contributed by atoms with Crippen LogP contribution in [0.3, 0.4) is 0 Å². The fourth-order valence-electron chi connectivity index (χ4n) is 3.38. The molecule has 2 amide bonds. The van der Waals surface area contributed by atoms with Gasteiger partial charge in [-0.3, -0.25) is 9.59 Å². The van der Waals surface area contributed by atoms with Gasteiger partial charge in [0.15, 0.2) is 0 Å². The van der Waals surface area contributed by atoms with Gasteiger partial charge >= 0.3 is 0 Å². The number of aromatic nitrogens is 1. The van der Waals surface area contributed by atoms with Gasteiger partial charge in [0.25, 0.3) is 11.8 Å². The van der Waals surface area contributed by atoms with Crippen LogP contribution in [0.25, 0.3) is 0 Å². The molecule has 3 aromatic rings. The monoisotopic (exact) mass is 547 g/mol. The Labute approximate surface area is 221 Å². The Morgan fingerprint density at radius 3 is 2.22 bits per heavy atom. The largest absolute Gasteiger partial charge is 0.321 e. The average Bonchev–Trinajstić information content (AvgIpc) is 2.87. The van der Waals surface area contributed by atoms with Crippen LogP contribution >= 0.6 is 23.2 Å². The summed E-state index contributed by atoms with van der Waals surface area (Å²) >= 11 is 11.9. The number of carbonyl (C=O) groups is 2. The number of rotatable bonds is 10. The molecule has 3 N–H and O–H groups in total. The second-order valence-corrected chi connectivity index (χ2v) is 11.0. The van der Waals surface area contributed by atoms with Gasteiger partial charge in [-0.15, -0.1) is 0 Å². The van der Waals surface area contributed by atoms with Crippen molar-refractivity contribution in [3.8, 4) is 0 Å². The first-order valence-electron chi connectivity index (χ1n) is 11.3. The Bertz CT molecular complexity index is 1330. The zero-order valence-electron chi connectivity index (χ0n) is 19.9. The molecule has 0 aliphatic carbocycles. The highest BCUT2D eigenvalue weighted by atomic mass is 35.5. The minimum atomic E-state index is -2.99. The molecule has 1 unspecified atom stereocenters. The van der Waals surface area contributed by atoms with E-state index in [9.17, 15) is 13.8 Å². The van der Waals surface area contributed by atoms with Crippen molar-refractivity contribution < 1.29 is 13.8 Å². The first-order chi connectivity index (χ1) is 17.1. The van der Waals surface area contributed by atoms with E-state index in [0.717, 1.165) is 13.1 Å². The summed E-state index contributed by atoms with van der Waals surface area (Å²) in [4.78, 5) is 32.3. The molecule has 1 aromatic heterocycles. The van der Waals surface area contributed by atoms with E-state index in [1.54, 1.807) is 18.2 Å². The fraction of sp³-hybridized carbons (Fsp3) is 0.240. The summed E-state index contributed by atoms with van der Waals surface area (Å²) in [5, 5.41) is 6.11. The molecule has 2 aromatic carbocycles. The Morgan fingerprint density at radius 1 is 0.944 bits per heavy atom. The van der Waals surface area contributed by atoms with Gasteiger partial charge in [-0.05, 0) is 67.7 Å². The molecule has 0 aliphatic heterocycles. The van der Waals surface area contributed by atoms with Crippen molar-refractivity contribution in [3.63, 3.8) is 0 Å². The smallest absolute Gasteiger partial charge is 0.258 e. The molecule has 0 fully saturated rings. The number of amides is 2. The van der Waals surface area contributed by atoms with Crippen molar-refractivity contribution in [2.45, 2.75) is 18.7 Å². The third-order valence-electron chi connectivity index (χ3n) is 5.53. The van der Waals surface area contributed by atoms with Crippen molar-refractivity contribution in [2.24, 2.45) is 0 Å². The zero-order valence-corrected chi connectivity index (χ0v) is 22.2. The molecule has 190 valence electrons. The van der Waals surface area contributed by atoms with Gasteiger partial charge in [0, 0.05) is 34.0 Å². The van der Waals surface area contributed by atoms with Gasteiger partial charge in [-0.1, -0.05) is 37.0 Å². The maximum atomic E-state index is 12.9. The van der Waals surface area contributed by atoms with Crippen LogP contribution < -0.4 is 10.6 Å². The lowest BCUT2D eigenvalue weighted by atomic mass is 10.1. The SMILES string of the molecule is CCN(CC)CCS(=N)(=O)c1ccc(C(=O)Nc2ccc(Cl)cc2C(=O)Nc2ccc(Cl)cn2)cc1. The molecule has 0 spiro atoms. The average molecular weight is 548 g/mol. The summed E-state index contributed by atoms with van der Waals surface area (Å²) in [7, 11) is -2.99. The van der Waals surface area contributed by atoms with E-state index in [-0.39, 0.29) is 22.8 Å². The number of hydrogen-bond acceptors (Lipinski definition) is 6. The van der Waals surface area contributed by atoms with Crippen LogP contribution in [0.4, 0.5) is 11.5 Å². The van der Waals surface area contributed by atoms with E-state index in [4.69, 9.17) is 28.0 Å². The highest BCUT2D eigenvalue weighted by Crippen LogP contribution is 2.23. The third kappa shape index (κ3) is 7.27. The van der Waals surface area contributed by atoms with Crippen LogP contribution in [-0.2, 0) is 9.73 Å². The first-order valence-corrected chi connectivity index (χ1v) is 13.7. The van der Waals surface area contributed by atoms with E-state index in [2.05, 4.69) is 20.5 Å². The number of halogens is 2. The van der Waals surface area contributed by atoms with Crippen LogP contribution in [0.5, 0.6) is 0 Å². The van der Waals surface area contributed by atoms with Crippen molar-refractivity contribution in [3.05, 3.63) is 82.0 Å². The molecule has 0 bridgehead atoms. The van der Waals surface area contributed by atoms with Crippen LogP contribution in [0, 0.1) is 4.78 Å². The molecule has 3 rings (SSSR count). The summed E-state index contributed by atoms with van der Waals surface area (Å²) in [6.45, 7) is 6.25. The van der Waals surface area contributed by atoms with Gasteiger partial charge in [-0.2, -0.15) is 0 Å². The number of nitrogens with zero attached hydrogens (tertiary/aromatic N) is 2. The van der Waals surface area contributed by atoms with Crippen molar-refractivity contribution in [2.75, 3.05) is 36.0 Å². The standard InChI is InChI=1S/C25H27Cl2N5O3S/c1-3-32(4-2)13-14-36(28,35)20-9-5-17(6-10-20)24(33)30-22-11-7-18(26)15-21(22)25(34)31-23-12-8-19(27)16-29-23/h5-12,15-16,28H,3-4,13-14H2,1-2H3,(H,30,33)(H,29,31,34). The molecular weight excluding hydrogens is 521 g/mol. The van der Waals surface area contributed by atoms with E-state index in [1.165, 1.54) is 42.6 Å². The molecule has 1 atom stereocenters. The lowest BCUT2D eigenvalue weighted by Gasteiger charge is -2.18. The predicted molar refractivity (Wildman–Crippen MR) is 145 cm³/mol. The maximum Gasteiger partial charge on any atom is 0.258 e. The van der Waals surface area contributed by atoms with E-state index < -0.39 is 21.5 Å². The molecule has 11 heteroatoms. The van der Waals surface area contributed by atoms with Gasteiger partial charge in [0.2, 0.25) is 0 Å². The summed E-state index contributed by atoms with van der Waals surface area (Å²) in [5.41, 5.74) is 0.691. The minimum absolute atomic E-state index is 0.148. The Balaban J connectivity index is 1.74. The topological polar surface area (TPSA) is 115 Å². The summed E-state index contributed by atoms with van der Waals surface area (Å²) in [5.74, 6) is -0.481. The number of anilines is 2. The number of carbonyl (C=O) groups excluding carboxylic acids is 2. The fourth-order valence-corrected chi connectivity index (χ4v) is 4.99. The number of pyridine rings is 1. The third-order valence-corrected chi connectivity index (χ3v) is 7.78. The highest BCUT2D eigenvalue weighted by Gasteiger charge is 2.17. The zero-order chi connectivity index (χ0) is 26.3. The van der Waals surface area contributed by atoms with E-state index in [1.807, 2.05) is 13.8 Å². The van der Waals surface area contributed by atoms with Gasteiger partial charge in [0.05, 0.1) is 26.0 Å². The molecule has 36 heavy (non-hydrogen) atoms. The predicted octanol–water partition coefficient (Wildman–Crippen LogP) is 5.64. The van der Waals surface area contributed by atoms with Crippen LogP contribution in [0.15, 0.2) is 65.7 Å². The molecule has 0 saturated heterocycles. The number of benzene rings is 2. The Hall–Kier alpha value is -2.98. The second kappa shape index (κ2) is 12.3. The van der Waals surface area contributed by atoms with Crippen LogP contribution in [-0.4, -0.2) is 51.3 Å². The van der Waals surface area contributed by atoms with Crippen molar-refractivity contribution >= 4 is 56.3 Å². The normalized spacial score (nSPS) is 12.7. The van der Waals surface area contributed by atoms with Gasteiger partial charge < -0.3 is 15.5 Å². The Kier molecular flexibility index (Phi) is 9.44. The lowest BCUT2D eigenvalue weighted by molar-refractivity contribution is 0.102. The van der Waals surface area contributed by atoms with Gasteiger partial charge in [-0.25, -0.2) is 14.0 Å². The quantitative estimate of drug-likeness (QED) is 0.303. The van der Waals surface area contributed by atoms with Crippen LogP contribution in [0.2, 0.25) is 10.0 Å². The molecular formula is C25H27Cl2N5O3S. The summed E-state index contributed by atoms with van der Waals surface area (Å²) < 4.78 is 21.2. The number of nitrogens with one attached hydrogen (secondary N) is 3. The minimum Gasteiger partial charge on any atom is -0.321 e. The number of hydrogen-bond donors (Lipinski definition) is 3. The van der Waals surface area contributed by atoms with Crippen LogP contribution in [0.1, 0.15) is 34.6 Å². The lowest BCUT2D eigenvalue weighted by Crippen LogP contribution is -2.28. The molecule has 8 nitrogen and oxygen atoms in total. The maximum absolute atomic E-state index is 12.9. The van der Waals surface area contributed by atoms with Gasteiger partial charge in [0.1, 0.15) is 5.82 Å². The molecule has 1 heterocycles. The molecule has 0 saturated carbocycles. The summed E-state index contributed by atoms with van der Waals surface area (Å²) in [6.07, 6.45) is 1.40. The first kappa shape index (κ1) is 27.6. The van der Waals surface area contributed by atoms with Crippen molar-refractivity contribution in [1.82, 2.24) is 9.88 Å². The summed E-state index contributed by atoms with van der Waals surface area (Å²) in [6, 6.07) is 13.8. The van der Waals surface area contributed by atoms with Crippen molar-refractivity contribution in [1.29, 1.82) is 4.78 Å². The highest BCUT2D eigenvalue weighted by molar-refractivity contribution is 7.92. The second-order valence-electron chi connectivity index (χ2n) is 7.89. The molecule has 0 aliphatic rings.